The van der Waals surface area contributed by atoms with Gasteiger partial charge in [0, 0.05) is 45.1 Å². The van der Waals surface area contributed by atoms with Gasteiger partial charge in [-0.25, -0.2) is 9.78 Å². The standard InChI is InChI=1S/C18H27N5O4/c1-18(2)16(25)23(17(26)20-18)12-14(24)22-7-4-5-13(11-22)15-19-6-8-21(15)9-10-27-3/h6,8,13H,4-5,7,9-12H2,1-3H3,(H,20,26)/t13-/m0/s1. The summed E-state index contributed by atoms with van der Waals surface area (Å²) >= 11 is 0. The van der Waals surface area contributed by atoms with Gasteiger partial charge in [0.25, 0.3) is 5.91 Å². The summed E-state index contributed by atoms with van der Waals surface area (Å²) in [5.74, 6) is 0.496. The van der Waals surface area contributed by atoms with Gasteiger partial charge in [-0.3, -0.25) is 14.5 Å². The zero-order valence-corrected chi connectivity index (χ0v) is 16.1. The monoisotopic (exact) mass is 377 g/mol. The second-order valence-corrected chi connectivity index (χ2v) is 7.60. The minimum absolute atomic E-state index is 0.133. The van der Waals surface area contributed by atoms with Crippen molar-refractivity contribution < 1.29 is 19.1 Å². The Labute approximate surface area is 158 Å². The summed E-state index contributed by atoms with van der Waals surface area (Å²) in [5.41, 5.74) is -0.964. The van der Waals surface area contributed by atoms with Crippen molar-refractivity contribution in [1.82, 2.24) is 24.7 Å². The number of aromatic nitrogens is 2. The molecule has 1 aromatic heterocycles. The Morgan fingerprint density at radius 1 is 1.41 bits per heavy atom. The fourth-order valence-corrected chi connectivity index (χ4v) is 3.67. The minimum atomic E-state index is -0.964. The van der Waals surface area contributed by atoms with Crippen molar-refractivity contribution in [1.29, 1.82) is 0 Å². The maximum atomic E-state index is 12.7. The average Bonchev–Trinajstić information content (AvgIpc) is 3.18. The van der Waals surface area contributed by atoms with Crippen LogP contribution in [0.15, 0.2) is 12.4 Å². The van der Waals surface area contributed by atoms with E-state index in [0.29, 0.717) is 26.2 Å². The quantitative estimate of drug-likeness (QED) is 0.731. The Morgan fingerprint density at radius 2 is 2.19 bits per heavy atom. The third kappa shape index (κ3) is 3.97. The smallest absolute Gasteiger partial charge is 0.325 e. The number of hydrogen-bond acceptors (Lipinski definition) is 5. The summed E-state index contributed by atoms with van der Waals surface area (Å²) in [6, 6.07) is -0.512. The second kappa shape index (κ2) is 7.67. The number of carbonyl (C=O) groups excluding carboxylic acids is 3. The van der Waals surface area contributed by atoms with E-state index in [-0.39, 0.29) is 24.3 Å². The van der Waals surface area contributed by atoms with Gasteiger partial charge in [-0.1, -0.05) is 0 Å². The van der Waals surface area contributed by atoms with Gasteiger partial charge in [-0.05, 0) is 26.7 Å². The van der Waals surface area contributed by atoms with Crippen molar-refractivity contribution in [3.63, 3.8) is 0 Å². The molecule has 9 heteroatoms. The normalized spacial score (nSPS) is 22.3. The van der Waals surface area contributed by atoms with E-state index in [1.54, 1.807) is 32.1 Å². The number of ether oxygens (including phenoxy) is 1. The van der Waals surface area contributed by atoms with E-state index in [1.807, 2.05) is 6.20 Å². The lowest BCUT2D eigenvalue weighted by atomic mass is 9.97. The predicted octanol–water partition coefficient (Wildman–Crippen LogP) is 0.566. The Bertz CT molecular complexity index is 729. The molecule has 2 fully saturated rings. The van der Waals surface area contributed by atoms with Crippen molar-refractivity contribution >= 4 is 17.8 Å². The molecule has 148 valence electrons. The average molecular weight is 377 g/mol. The SMILES string of the molecule is COCCn1ccnc1[C@H]1CCCN(C(=O)CN2C(=O)NC(C)(C)C2=O)C1. The lowest BCUT2D eigenvalue weighted by Gasteiger charge is -2.33. The van der Waals surface area contributed by atoms with Crippen LogP contribution in [-0.4, -0.2) is 76.1 Å². The summed E-state index contributed by atoms with van der Waals surface area (Å²) < 4.78 is 7.20. The third-order valence-corrected chi connectivity index (χ3v) is 5.16. The number of carbonyl (C=O) groups is 3. The molecule has 0 unspecified atom stereocenters. The number of likely N-dealkylation sites (tertiary alicyclic amines) is 1. The maximum Gasteiger partial charge on any atom is 0.325 e. The minimum Gasteiger partial charge on any atom is -0.383 e. The summed E-state index contributed by atoms with van der Waals surface area (Å²) in [6.45, 7) is 5.52. The number of rotatable bonds is 6. The van der Waals surface area contributed by atoms with E-state index in [9.17, 15) is 14.4 Å². The number of nitrogens with zero attached hydrogens (tertiary/aromatic N) is 4. The van der Waals surface area contributed by atoms with Crippen molar-refractivity contribution in [2.24, 2.45) is 0 Å². The molecule has 2 aliphatic rings. The number of nitrogens with one attached hydrogen (secondary N) is 1. The van der Waals surface area contributed by atoms with E-state index in [4.69, 9.17) is 4.74 Å². The molecule has 0 radical (unpaired) electrons. The molecule has 0 bridgehead atoms. The summed E-state index contributed by atoms with van der Waals surface area (Å²) in [4.78, 5) is 44.3. The number of urea groups is 1. The molecule has 3 rings (SSSR count). The number of piperidine rings is 1. The van der Waals surface area contributed by atoms with Crippen LogP contribution in [0.2, 0.25) is 0 Å². The van der Waals surface area contributed by atoms with Gasteiger partial charge in [0.1, 0.15) is 17.9 Å². The molecule has 1 aromatic rings. The molecule has 3 heterocycles. The van der Waals surface area contributed by atoms with E-state index in [2.05, 4.69) is 14.9 Å². The van der Waals surface area contributed by atoms with Gasteiger partial charge < -0.3 is 19.5 Å². The number of hydrogen-bond donors (Lipinski definition) is 1. The fourth-order valence-electron chi connectivity index (χ4n) is 3.67. The summed E-state index contributed by atoms with van der Waals surface area (Å²) in [5, 5.41) is 2.60. The number of imide groups is 1. The molecule has 9 nitrogen and oxygen atoms in total. The van der Waals surface area contributed by atoms with E-state index < -0.39 is 11.6 Å². The molecule has 4 amide bonds. The van der Waals surface area contributed by atoms with E-state index >= 15 is 0 Å². The number of imidazole rings is 1. The van der Waals surface area contributed by atoms with Gasteiger partial charge in [0.05, 0.1) is 6.61 Å². The van der Waals surface area contributed by atoms with Gasteiger partial charge >= 0.3 is 6.03 Å². The van der Waals surface area contributed by atoms with Crippen LogP contribution in [0, 0.1) is 0 Å². The Balaban J connectivity index is 1.64. The van der Waals surface area contributed by atoms with Gasteiger partial charge in [0.2, 0.25) is 5.91 Å². The molecule has 2 saturated heterocycles. The van der Waals surface area contributed by atoms with Crippen LogP contribution in [0.25, 0.3) is 0 Å². The zero-order chi connectivity index (χ0) is 19.6. The highest BCUT2D eigenvalue weighted by Gasteiger charge is 2.45. The predicted molar refractivity (Wildman–Crippen MR) is 97.0 cm³/mol. The van der Waals surface area contributed by atoms with Gasteiger partial charge in [-0.2, -0.15) is 0 Å². The highest BCUT2D eigenvalue weighted by atomic mass is 16.5. The highest BCUT2D eigenvalue weighted by molar-refractivity contribution is 6.08. The van der Waals surface area contributed by atoms with Crippen LogP contribution in [0.5, 0.6) is 0 Å². The first-order chi connectivity index (χ1) is 12.8. The number of amides is 4. The topological polar surface area (TPSA) is 96.8 Å². The molecule has 1 atom stereocenters. The molecule has 0 aromatic carbocycles. The fraction of sp³-hybridized carbons (Fsp3) is 0.667. The number of methoxy groups -OCH3 is 1. The van der Waals surface area contributed by atoms with Crippen LogP contribution < -0.4 is 5.32 Å². The molecular formula is C18H27N5O4. The largest absolute Gasteiger partial charge is 0.383 e. The molecule has 0 saturated carbocycles. The molecular weight excluding hydrogens is 350 g/mol. The first kappa shape index (κ1) is 19.3. The molecule has 2 aliphatic heterocycles. The lowest BCUT2D eigenvalue weighted by molar-refractivity contribution is -0.139. The van der Waals surface area contributed by atoms with Crippen LogP contribution >= 0.6 is 0 Å². The second-order valence-electron chi connectivity index (χ2n) is 7.60. The third-order valence-electron chi connectivity index (χ3n) is 5.16. The molecule has 1 N–H and O–H groups in total. The van der Waals surface area contributed by atoms with Crippen molar-refractivity contribution in [3.8, 4) is 0 Å². The van der Waals surface area contributed by atoms with E-state index in [1.165, 1.54) is 0 Å². The molecule has 0 aliphatic carbocycles. The van der Waals surface area contributed by atoms with Crippen molar-refractivity contribution in [2.75, 3.05) is 33.4 Å². The Morgan fingerprint density at radius 3 is 2.85 bits per heavy atom. The molecule has 0 spiro atoms. The first-order valence-electron chi connectivity index (χ1n) is 9.25. The maximum absolute atomic E-state index is 12.7. The summed E-state index contributed by atoms with van der Waals surface area (Å²) in [6.07, 6.45) is 5.49. The summed E-state index contributed by atoms with van der Waals surface area (Å²) in [7, 11) is 1.66. The van der Waals surface area contributed by atoms with E-state index in [0.717, 1.165) is 23.6 Å². The lowest BCUT2D eigenvalue weighted by Crippen LogP contribution is -2.47. The van der Waals surface area contributed by atoms with Crippen LogP contribution in [0.4, 0.5) is 4.79 Å². The van der Waals surface area contributed by atoms with Gasteiger partial charge in [-0.15, -0.1) is 0 Å². The van der Waals surface area contributed by atoms with Crippen LogP contribution in [0.3, 0.4) is 0 Å². The highest BCUT2D eigenvalue weighted by Crippen LogP contribution is 2.26. The van der Waals surface area contributed by atoms with Crippen molar-refractivity contribution in [3.05, 3.63) is 18.2 Å². The first-order valence-corrected chi connectivity index (χ1v) is 9.25. The molecule has 27 heavy (non-hydrogen) atoms. The van der Waals surface area contributed by atoms with Crippen molar-refractivity contribution in [2.45, 2.75) is 44.7 Å². The Hall–Kier alpha value is -2.42. The van der Waals surface area contributed by atoms with Crippen LogP contribution in [-0.2, 0) is 20.9 Å². The van der Waals surface area contributed by atoms with Gasteiger partial charge in [0.15, 0.2) is 0 Å². The zero-order valence-electron chi connectivity index (χ0n) is 16.1. The van der Waals surface area contributed by atoms with Crippen LogP contribution in [0.1, 0.15) is 38.4 Å². The Kier molecular flexibility index (Phi) is 5.50.